The lowest BCUT2D eigenvalue weighted by atomic mass is 9.96. The van der Waals surface area contributed by atoms with Crippen LogP contribution in [0.25, 0.3) is 0 Å². The van der Waals surface area contributed by atoms with Gasteiger partial charge in [-0.3, -0.25) is 0 Å². The Morgan fingerprint density at radius 1 is 1.47 bits per heavy atom. The van der Waals surface area contributed by atoms with E-state index in [1.54, 1.807) is 0 Å². The molecule has 1 heterocycles. The van der Waals surface area contributed by atoms with Gasteiger partial charge in [-0.2, -0.15) is 5.26 Å². The first-order valence-electron chi connectivity index (χ1n) is 6.05. The molecule has 1 rings (SSSR count). The molecule has 1 aliphatic rings. The Balaban J connectivity index is 1.98. The second-order valence-electron chi connectivity index (χ2n) is 4.28. The van der Waals surface area contributed by atoms with Crippen LogP contribution in [0.15, 0.2) is 0 Å². The lowest BCUT2D eigenvalue weighted by Gasteiger charge is -2.22. The van der Waals surface area contributed by atoms with E-state index in [2.05, 4.69) is 18.3 Å². The van der Waals surface area contributed by atoms with Crippen LogP contribution in [0.4, 0.5) is 0 Å². The van der Waals surface area contributed by atoms with E-state index in [0.717, 1.165) is 38.6 Å². The minimum absolute atomic E-state index is 0.180. The van der Waals surface area contributed by atoms with Gasteiger partial charge in [-0.15, -0.1) is 0 Å². The molecule has 86 valence electrons. The van der Waals surface area contributed by atoms with Crippen molar-refractivity contribution in [2.24, 2.45) is 11.8 Å². The van der Waals surface area contributed by atoms with Gasteiger partial charge in [0.2, 0.25) is 0 Å². The number of nitriles is 1. The van der Waals surface area contributed by atoms with Crippen LogP contribution in [-0.4, -0.2) is 26.3 Å². The van der Waals surface area contributed by atoms with Crippen molar-refractivity contribution in [3.63, 3.8) is 0 Å². The zero-order valence-electron chi connectivity index (χ0n) is 9.67. The highest BCUT2D eigenvalue weighted by molar-refractivity contribution is 4.83. The third kappa shape index (κ3) is 5.15. The maximum atomic E-state index is 8.77. The summed E-state index contributed by atoms with van der Waals surface area (Å²) in [5.74, 6) is 1.01. The molecule has 3 nitrogen and oxygen atoms in total. The van der Waals surface area contributed by atoms with Crippen LogP contribution in [0.5, 0.6) is 0 Å². The highest BCUT2D eigenvalue weighted by Gasteiger charge is 2.13. The summed E-state index contributed by atoms with van der Waals surface area (Å²) in [5, 5.41) is 12.1. The molecule has 0 aromatic rings. The van der Waals surface area contributed by atoms with Crippen molar-refractivity contribution in [2.45, 2.75) is 32.6 Å². The third-order valence-corrected chi connectivity index (χ3v) is 3.14. The largest absolute Gasteiger partial charge is 0.381 e. The summed E-state index contributed by atoms with van der Waals surface area (Å²) in [4.78, 5) is 0. The van der Waals surface area contributed by atoms with E-state index >= 15 is 0 Å². The molecule has 0 aliphatic carbocycles. The van der Waals surface area contributed by atoms with Gasteiger partial charge in [0.15, 0.2) is 0 Å². The average Bonchev–Trinajstić information content (AvgIpc) is 2.31. The molecule has 15 heavy (non-hydrogen) atoms. The molecule has 0 saturated carbocycles. The van der Waals surface area contributed by atoms with Crippen LogP contribution in [-0.2, 0) is 4.74 Å². The van der Waals surface area contributed by atoms with Crippen LogP contribution in [0.3, 0.4) is 0 Å². The second-order valence-corrected chi connectivity index (χ2v) is 4.28. The molecule has 1 atom stereocenters. The molecule has 3 heteroatoms. The topological polar surface area (TPSA) is 45.0 Å². The van der Waals surface area contributed by atoms with Gasteiger partial charge < -0.3 is 10.1 Å². The fourth-order valence-corrected chi connectivity index (χ4v) is 1.90. The number of nitrogens with one attached hydrogen (secondary N) is 1. The van der Waals surface area contributed by atoms with Gasteiger partial charge in [0.1, 0.15) is 0 Å². The predicted octanol–water partition coefficient (Wildman–Crippen LogP) is 1.94. The van der Waals surface area contributed by atoms with Crippen molar-refractivity contribution in [1.82, 2.24) is 5.32 Å². The Morgan fingerprint density at radius 3 is 2.80 bits per heavy atom. The van der Waals surface area contributed by atoms with E-state index in [9.17, 15) is 0 Å². The summed E-state index contributed by atoms with van der Waals surface area (Å²) in [6, 6.07) is 2.31. The number of ether oxygens (including phenoxy) is 1. The average molecular weight is 210 g/mol. The van der Waals surface area contributed by atoms with Crippen molar-refractivity contribution in [2.75, 3.05) is 26.3 Å². The lowest BCUT2D eigenvalue weighted by molar-refractivity contribution is 0.0639. The monoisotopic (exact) mass is 210 g/mol. The lowest BCUT2D eigenvalue weighted by Crippen LogP contribution is -2.26. The molecule has 1 unspecified atom stereocenters. The van der Waals surface area contributed by atoms with Gasteiger partial charge in [-0.25, -0.2) is 0 Å². The van der Waals surface area contributed by atoms with Crippen molar-refractivity contribution < 1.29 is 4.74 Å². The van der Waals surface area contributed by atoms with Crippen LogP contribution < -0.4 is 5.32 Å². The highest BCUT2D eigenvalue weighted by atomic mass is 16.5. The van der Waals surface area contributed by atoms with Gasteiger partial charge in [-0.1, -0.05) is 6.92 Å². The van der Waals surface area contributed by atoms with E-state index < -0.39 is 0 Å². The Morgan fingerprint density at radius 2 is 2.20 bits per heavy atom. The van der Waals surface area contributed by atoms with Gasteiger partial charge in [0, 0.05) is 19.8 Å². The van der Waals surface area contributed by atoms with Crippen molar-refractivity contribution >= 4 is 0 Å². The van der Waals surface area contributed by atoms with Crippen molar-refractivity contribution in [3.8, 4) is 6.07 Å². The summed E-state index contributed by atoms with van der Waals surface area (Å²) >= 11 is 0. The number of rotatable bonds is 6. The Labute approximate surface area is 92.8 Å². The SMILES string of the molecule is CCC(C#N)CNCCC1CCOCC1. The number of nitrogens with zero attached hydrogens (tertiary/aromatic N) is 1. The Hall–Kier alpha value is -0.590. The number of hydrogen-bond donors (Lipinski definition) is 1. The summed E-state index contributed by atoms with van der Waals surface area (Å²) in [7, 11) is 0. The molecule has 0 radical (unpaired) electrons. The van der Waals surface area contributed by atoms with E-state index in [1.807, 2.05) is 0 Å². The first kappa shape index (κ1) is 12.5. The van der Waals surface area contributed by atoms with E-state index in [1.165, 1.54) is 19.3 Å². The number of hydrogen-bond acceptors (Lipinski definition) is 3. The molecule has 0 bridgehead atoms. The molecule has 1 aliphatic heterocycles. The van der Waals surface area contributed by atoms with Crippen LogP contribution in [0.1, 0.15) is 32.6 Å². The molecule has 1 N–H and O–H groups in total. The zero-order chi connectivity index (χ0) is 10.9. The summed E-state index contributed by atoms with van der Waals surface area (Å²) in [6.45, 7) is 5.81. The second kappa shape index (κ2) is 7.67. The van der Waals surface area contributed by atoms with Gasteiger partial charge in [-0.05, 0) is 38.1 Å². The molecule has 0 aromatic carbocycles. The highest BCUT2D eigenvalue weighted by Crippen LogP contribution is 2.17. The maximum Gasteiger partial charge on any atom is 0.0669 e. The van der Waals surface area contributed by atoms with E-state index in [4.69, 9.17) is 10.00 Å². The molecule has 0 aromatic heterocycles. The summed E-state index contributed by atoms with van der Waals surface area (Å²) in [6.07, 6.45) is 4.58. The van der Waals surface area contributed by atoms with Crippen LogP contribution in [0.2, 0.25) is 0 Å². The van der Waals surface area contributed by atoms with Gasteiger partial charge in [0.05, 0.1) is 12.0 Å². The molecule has 0 spiro atoms. The predicted molar refractivity (Wildman–Crippen MR) is 60.4 cm³/mol. The fourth-order valence-electron chi connectivity index (χ4n) is 1.90. The van der Waals surface area contributed by atoms with Gasteiger partial charge >= 0.3 is 0 Å². The Bertz CT molecular complexity index is 194. The molecule has 1 saturated heterocycles. The fraction of sp³-hybridized carbons (Fsp3) is 0.917. The van der Waals surface area contributed by atoms with E-state index in [-0.39, 0.29) is 5.92 Å². The first-order chi connectivity index (χ1) is 7.36. The molecule has 1 fully saturated rings. The summed E-state index contributed by atoms with van der Waals surface area (Å²) in [5.41, 5.74) is 0. The van der Waals surface area contributed by atoms with E-state index in [0.29, 0.717) is 0 Å². The minimum atomic E-state index is 0.180. The molecular formula is C12H22N2O. The molecular weight excluding hydrogens is 188 g/mol. The zero-order valence-corrected chi connectivity index (χ0v) is 9.67. The molecule has 0 amide bonds. The Kier molecular flexibility index (Phi) is 6.38. The standard InChI is InChI=1S/C12H22N2O/c1-2-11(9-13)10-14-6-3-12-4-7-15-8-5-12/h11-12,14H,2-8,10H2,1H3. The minimum Gasteiger partial charge on any atom is -0.381 e. The van der Waals surface area contributed by atoms with Crippen LogP contribution >= 0.6 is 0 Å². The van der Waals surface area contributed by atoms with Crippen LogP contribution in [0, 0.1) is 23.2 Å². The quantitative estimate of drug-likeness (QED) is 0.681. The summed E-state index contributed by atoms with van der Waals surface area (Å²) < 4.78 is 5.32. The van der Waals surface area contributed by atoms with Crippen molar-refractivity contribution in [1.29, 1.82) is 5.26 Å². The van der Waals surface area contributed by atoms with Gasteiger partial charge in [0.25, 0.3) is 0 Å². The maximum absolute atomic E-state index is 8.77. The normalized spacial score (nSPS) is 19.7. The van der Waals surface area contributed by atoms with Crippen molar-refractivity contribution in [3.05, 3.63) is 0 Å². The third-order valence-electron chi connectivity index (χ3n) is 3.14. The first-order valence-corrected chi connectivity index (χ1v) is 6.05. The smallest absolute Gasteiger partial charge is 0.0669 e.